The van der Waals surface area contributed by atoms with Gasteiger partial charge in [0.15, 0.2) is 0 Å². The van der Waals surface area contributed by atoms with Gasteiger partial charge in [-0.15, -0.1) is 0 Å². The highest BCUT2D eigenvalue weighted by Gasteiger charge is 2.14. The minimum absolute atomic E-state index is 0.0398. The molecule has 1 aromatic rings. The van der Waals surface area contributed by atoms with Crippen LogP contribution in [0.15, 0.2) is 18.2 Å². The molecule has 0 saturated carbocycles. The number of hydrogen-bond donors (Lipinski definition) is 2. The Morgan fingerprint density at radius 3 is 2.53 bits per heavy atom. The van der Waals surface area contributed by atoms with Crippen LogP contribution in [0.2, 0.25) is 10.0 Å². The minimum atomic E-state index is -0.865. The number of benzene rings is 1. The van der Waals surface area contributed by atoms with E-state index in [9.17, 15) is 9.59 Å². The van der Waals surface area contributed by atoms with E-state index in [4.69, 9.17) is 28.3 Å². The van der Waals surface area contributed by atoms with E-state index < -0.39 is 5.97 Å². The van der Waals surface area contributed by atoms with Crippen molar-refractivity contribution in [3.05, 3.63) is 33.8 Å². The molecule has 1 aromatic carbocycles. The molecule has 0 radical (unpaired) electrons. The van der Waals surface area contributed by atoms with Crippen molar-refractivity contribution >= 4 is 35.1 Å². The van der Waals surface area contributed by atoms with E-state index in [-0.39, 0.29) is 18.2 Å². The topological polar surface area (TPSA) is 66.4 Å². The van der Waals surface area contributed by atoms with E-state index in [0.29, 0.717) is 28.6 Å². The van der Waals surface area contributed by atoms with Gasteiger partial charge in [0.25, 0.3) is 5.91 Å². The van der Waals surface area contributed by atoms with E-state index in [1.54, 1.807) is 12.1 Å². The van der Waals surface area contributed by atoms with Crippen LogP contribution in [0.1, 0.15) is 30.1 Å². The van der Waals surface area contributed by atoms with Gasteiger partial charge in [0.05, 0.1) is 10.0 Å². The highest BCUT2D eigenvalue weighted by molar-refractivity contribution is 6.42. The Morgan fingerprint density at radius 1 is 1.32 bits per heavy atom. The molecule has 0 heterocycles. The second-order valence-electron chi connectivity index (χ2n) is 4.21. The Balaban J connectivity index is 2.59. The Bertz CT molecular complexity index is 477. The largest absolute Gasteiger partial charge is 0.481 e. The van der Waals surface area contributed by atoms with Crippen molar-refractivity contribution in [2.45, 2.75) is 19.8 Å². The average Bonchev–Trinajstić information content (AvgIpc) is 2.36. The van der Waals surface area contributed by atoms with Crippen LogP contribution in [0.3, 0.4) is 0 Å². The Labute approximate surface area is 121 Å². The van der Waals surface area contributed by atoms with Crippen molar-refractivity contribution in [1.29, 1.82) is 0 Å². The molecule has 0 saturated heterocycles. The molecule has 4 nitrogen and oxygen atoms in total. The quantitative estimate of drug-likeness (QED) is 0.848. The summed E-state index contributed by atoms with van der Waals surface area (Å²) in [5.74, 6) is -1.23. The van der Waals surface area contributed by atoms with E-state index in [0.717, 1.165) is 0 Å². The van der Waals surface area contributed by atoms with E-state index >= 15 is 0 Å². The maximum absolute atomic E-state index is 11.9. The van der Waals surface area contributed by atoms with E-state index in [1.165, 1.54) is 6.07 Å². The second-order valence-corrected chi connectivity index (χ2v) is 5.03. The van der Waals surface area contributed by atoms with Crippen LogP contribution in [-0.4, -0.2) is 23.5 Å². The lowest BCUT2D eigenvalue weighted by Gasteiger charge is -2.13. The number of hydrogen-bond acceptors (Lipinski definition) is 2. The van der Waals surface area contributed by atoms with Crippen molar-refractivity contribution in [3.8, 4) is 0 Å². The summed E-state index contributed by atoms with van der Waals surface area (Å²) in [5, 5.41) is 12.1. The van der Waals surface area contributed by atoms with E-state index in [2.05, 4.69) is 5.32 Å². The van der Waals surface area contributed by atoms with Crippen LogP contribution in [0, 0.1) is 5.92 Å². The zero-order chi connectivity index (χ0) is 14.4. The summed E-state index contributed by atoms with van der Waals surface area (Å²) in [7, 11) is 0. The van der Waals surface area contributed by atoms with Crippen LogP contribution in [0.25, 0.3) is 0 Å². The molecule has 0 fully saturated rings. The van der Waals surface area contributed by atoms with Gasteiger partial charge in [-0.25, -0.2) is 0 Å². The Morgan fingerprint density at radius 2 is 2.00 bits per heavy atom. The molecular weight excluding hydrogens is 289 g/mol. The predicted octanol–water partition coefficient (Wildman–Crippen LogP) is 3.22. The third-order valence-corrected chi connectivity index (χ3v) is 3.51. The fraction of sp³-hybridized carbons (Fsp3) is 0.385. The zero-order valence-electron chi connectivity index (χ0n) is 10.5. The number of carboxylic acids is 1. The normalized spacial score (nSPS) is 11.9. The Hall–Kier alpha value is -1.26. The van der Waals surface area contributed by atoms with Gasteiger partial charge in [-0.3, -0.25) is 9.59 Å². The number of aliphatic carboxylic acids is 1. The van der Waals surface area contributed by atoms with Crippen LogP contribution >= 0.6 is 23.2 Å². The number of carbonyl (C=O) groups is 2. The minimum Gasteiger partial charge on any atom is -0.481 e. The first kappa shape index (κ1) is 15.8. The molecule has 0 aliphatic rings. The summed E-state index contributed by atoms with van der Waals surface area (Å²) < 4.78 is 0. The zero-order valence-corrected chi connectivity index (χ0v) is 12.0. The number of halogens is 2. The summed E-state index contributed by atoms with van der Waals surface area (Å²) in [6, 6.07) is 4.60. The van der Waals surface area contributed by atoms with Gasteiger partial charge in [0, 0.05) is 18.5 Å². The van der Waals surface area contributed by atoms with Crippen LogP contribution in [0.4, 0.5) is 0 Å². The number of carboxylic acid groups (broad SMARTS) is 1. The lowest BCUT2D eigenvalue weighted by molar-refractivity contribution is -0.138. The van der Waals surface area contributed by atoms with Crippen LogP contribution in [0.5, 0.6) is 0 Å². The molecule has 0 spiro atoms. The number of nitrogens with one attached hydrogen (secondary N) is 1. The summed E-state index contributed by atoms with van der Waals surface area (Å²) in [5.41, 5.74) is 0.402. The van der Waals surface area contributed by atoms with Crippen molar-refractivity contribution in [3.63, 3.8) is 0 Å². The fourth-order valence-electron chi connectivity index (χ4n) is 1.58. The SMILES string of the molecule is CCC(CNC(=O)c1ccc(Cl)c(Cl)c1)CC(=O)O. The first-order chi connectivity index (χ1) is 8.93. The molecule has 6 heteroatoms. The molecule has 1 amide bonds. The number of amides is 1. The summed E-state index contributed by atoms with van der Waals surface area (Å²) in [6.45, 7) is 2.21. The smallest absolute Gasteiger partial charge is 0.303 e. The van der Waals surface area contributed by atoms with Crippen molar-refractivity contribution < 1.29 is 14.7 Å². The van der Waals surface area contributed by atoms with Crippen molar-refractivity contribution in [2.75, 3.05) is 6.54 Å². The maximum Gasteiger partial charge on any atom is 0.303 e. The van der Waals surface area contributed by atoms with Crippen LogP contribution in [-0.2, 0) is 4.79 Å². The monoisotopic (exact) mass is 303 g/mol. The van der Waals surface area contributed by atoms with Crippen molar-refractivity contribution in [2.24, 2.45) is 5.92 Å². The molecule has 0 aliphatic carbocycles. The van der Waals surface area contributed by atoms with Gasteiger partial charge in [-0.05, 0) is 24.1 Å². The second kappa shape index (κ2) is 7.36. The van der Waals surface area contributed by atoms with Crippen LogP contribution < -0.4 is 5.32 Å². The summed E-state index contributed by atoms with van der Waals surface area (Å²) >= 11 is 11.6. The predicted molar refractivity (Wildman–Crippen MR) is 74.8 cm³/mol. The fourth-order valence-corrected chi connectivity index (χ4v) is 1.88. The van der Waals surface area contributed by atoms with Gasteiger partial charge in [0.1, 0.15) is 0 Å². The highest BCUT2D eigenvalue weighted by atomic mass is 35.5. The number of rotatable bonds is 6. The first-order valence-corrected chi connectivity index (χ1v) is 6.64. The van der Waals surface area contributed by atoms with Gasteiger partial charge in [-0.2, -0.15) is 0 Å². The summed E-state index contributed by atoms with van der Waals surface area (Å²) in [6.07, 6.45) is 0.728. The average molecular weight is 304 g/mol. The molecule has 19 heavy (non-hydrogen) atoms. The Kier molecular flexibility index (Phi) is 6.12. The molecule has 104 valence electrons. The molecular formula is C13H15Cl2NO3. The van der Waals surface area contributed by atoms with Gasteiger partial charge in [0.2, 0.25) is 0 Å². The van der Waals surface area contributed by atoms with Gasteiger partial charge in [-0.1, -0.05) is 36.5 Å². The highest BCUT2D eigenvalue weighted by Crippen LogP contribution is 2.22. The molecule has 0 aliphatic heterocycles. The molecule has 1 unspecified atom stereocenters. The molecule has 1 atom stereocenters. The first-order valence-electron chi connectivity index (χ1n) is 5.89. The molecule has 1 rings (SSSR count). The molecule has 2 N–H and O–H groups in total. The number of carbonyl (C=O) groups excluding carboxylic acids is 1. The molecule has 0 aromatic heterocycles. The standard InChI is InChI=1S/C13H15Cl2NO3/c1-2-8(5-12(17)18)7-16-13(19)9-3-4-10(14)11(15)6-9/h3-4,6,8H,2,5,7H2,1H3,(H,16,19)(H,17,18). The summed E-state index contributed by atoms with van der Waals surface area (Å²) in [4.78, 5) is 22.5. The molecule has 0 bridgehead atoms. The van der Waals surface area contributed by atoms with Gasteiger partial charge >= 0.3 is 5.97 Å². The lowest BCUT2D eigenvalue weighted by Crippen LogP contribution is -2.30. The third-order valence-electron chi connectivity index (χ3n) is 2.77. The van der Waals surface area contributed by atoms with Crippen molar-refractivity contribution in [1.82, 2.24) is 5.32 Å². The van der Waals surface area contributed by atoms with Gasteiger partial charge < -0.3 is 10.4 Å². The van der Waals surface area contributed by atoms with E-state index in [1.807, 2.05) is 6.92 Å². The third kappa shape index (κ3) is 5.09. The maximum atomic E-state index is 11.9. The lowest BCUT2D eigenvalue weighted by atomic mass is 10.0.